The van der Waals surface area contributed by atoms with Crippen LogP contribution in [0.5, 0.6) is 0 Å². The van der Waals surface area contributed by atoms with E-state index in [1.54, 1.807) is 17.5 Å². The van der Waals surface area contributed by atoms with Gasteiger partial charge in [-0.2, -0.15) is 5.10 Å². The van der Waals surface area contributed by atoms with Crippen molar-refractivity contribution in [3.8, 4) is 5.69 Å². The molecular formula is C16H17N3O2S2. The largest absolute Gasteiger partial charge is 0.250 e. The number of hydrogen-bond donors (Lipinski definition) is 1. The first-order chi connectivity index (χ1) is 11.0. The van der Waals surface area contributed by atoms with E-state index in [1.165, 1.54) is 11.3 Å². The molecule has 0 aliphatic rings. The van der Waals surface area contributed by atoms with Crippen LogP contribution in [-0.4, -0.2) is 18.2 Å². The van der Waals surface area contributed by atoms with Gasteiger partial charge < -0.3 is 0 Å². The highest BCUT2D eigenvalue weighted by Crippen LogP contribution is 2.20. The average molecular weight is 347 g/mol. The van der Waals surface area contributed by atoms with Gasteiger partial charge in [0, 0.05) is 17.8 Å². The Kier molecular flexibility index (Phi) is 4.34. The minimum Gasteiger partial charge on any atom is -0.238 e. The minimum atomic E-state index is -3.47. The summed E-state index contributed by atoms with van der Waals surface area (Å²) >= 11 is 1.20. The summed E-state index contributed by atoms with van der Waals surface area (Å²) in [6.07, 6.45) is 0. The number of benzene rings is 1. The van der Waals surface area contributed by atoms with E-state index in [2.05, 4.69) is 9.82 Å². The zero-order chi connectivity index (χ0) is 16.4. The van der Waals surface area contributed by atoms with Gasteiger partial charge in [0.1, 0.15) is 4.21 Å². The predicted molar refractivity (Wildman–Crippen MR) is 91.4 cm³/mol. The van der Waals surface area contributed by atoms with Crippen molar-refractivity contribution in [1.29, 1.82) is 0 Å². The van der Waals surface area contributed by atoms with E-state index in [1.807, 2.05) is 48.9 Å². The van der Waals surface area contributed by atoms with Gasteiger partial charge in [0.2, 0.25) is 10.0 Å². The van der Waals surface area contributed by atoms with Crippen molar-refractivity contribution in [3.63, 3.8) is 0 Å². The van der Waals surface area contributed by atoms with Crippen LogP contribution in [-0.2, 0) is 16.6 Å². The number of nitrogens with zero attached hydrogens (tertiary/aromatic N) is 2. The number of hydrogen-bond acceptors (Lipinski definition) is 4. The molecule has 0 atom stereocenters. The molecule has 2 aromatic heterocycles. The smallest absolute Gasteiger partial charge is 0.238 e. The second-order valence-electron chi connectivity index (χ2n) is 5.15. The van der Waals surface area contributed by atoms with Gasteiger partial charge in [-0.25, -0.2) is 17.8 Å². The van der Waals surface area contributed by atoms with Gasteiger partial charge in [-0.15, -0.1) is 11.3 Å². The van der Waals surface area contributed by atoms with Gasteiger partial charge in [-0.05, 0) is 37.4 Å². The molecule has 7 heteroatoms. The lowest BCUT2D eigenvalue weighted by Gasteiger charge is -2.07. The van der Waals surface area contributed by atoms with Crippen LogP contribution in [0.25, 0.3) is 5.69 Å². The first-order valence-corrected chi connectivity index (χ1v) is 9.49. The summed E-state index contributed by atoms with van der Waals surface area (Å²) in [6.45, 7) is 4.06. The maximum absolute atomic E-state index is 12.2. The second-order valence-corrected chi connectivity index (χ2v) is 8.09. The van der Waals surface area contributed by atoms with E-state index in [9.17, 15) is 8.42 Å². The summed E-state index contributed by atoms with van der Waals surface area (Å²) in [4.78, 5) is 0. The molecule has 0 bridgehead atoms. The standard InChI is InChI=1S/C16H17N3O2S2/c1-12-15(11-17-23(20,21)16-9-6-10-22-16)13(2)19(18-12)14-7-4-3-5-8-14/h3-10,17H,11H2,1-2H3. The van der Waals surface area contributed by atoms with Crippen molar-refractivity contribution in [2.45, 2.75) is 24.6 Å². The quantitative estimate of drug-likeness (QED) is 0.771. The van der Waals surface area contributed by atoms with Crippen LogP contribution in [0.15, 0.2) is 52.1 Å². The lowest BCUT2D eigenvalue weighted by atomic mass is 10.2. The molecule has 0 aliphatic heterocycles. The fourth-order valence-electron chi connectivity index (χ4n) is 2.41. The van der Waals surface area contributed by atoms with Crippen LogP contribution in [0.2, 0.25) is 0 Å². The van der Waals surface area contributed by atoms with Gasteiger partial charge in [0.25, 0.3) is 0 Å². The van der Waals surface area contributed by atoms with E-state index >= 15 is 0 Å². The maximum Gasteiger partial charge on any atom is 0.250 e. The van der Waals surface area contributed by atoms with Gasteiger partial charge in [0.15, 0.2) is 0 Å². The van der Waals surface area contributed by atoms with Gasteiger partial charge in [-0.1, -0.05) is 24.3 Å². The Morgan fingerprint density at radius 2 is 1.87 bits per heavy atom. The van der Waals surface area contributed by atoms with Crippen LogP contribution in [0.1, 0.15) is 17.0 Å². The number of thiophene rings is 1. The first kappa shape index (κ1) is 15.9. The molecule has 1 aromatic carbocycles. The third kappa shape index (κ3) is 3.21. The van der Waals surface area contributed by atoms with Crippen LogP contribution in [0, 0.1) is 13.8 Å². The molecule has 3 aromatic rings. The number of aromatic nitrogens is 2. The van der Waals surface area contributed by atoms with Crippen molar-refractivity contribution < 1.29 is 8.42 Å². The zero-order valence-electron chi connectivity index (χ0n) is 12.9. The highest BCUT2D eigenvalue weighted by atomic mass is 32.2. The van der Waals surface area contributed by atoms with E-state index in [0.717, 1.165) is 22.6 Å². The van der Waals surface area contributed by atoms with Crippen LogP contribution < -0.4 is 4.72 Å². The second kappa shape index (κ2) is 6.27. The van der Waals surface area contributed by atoms with Crippen molar-refractivity contribution in [2.24, 2.45) is 0 Å². The molecular weight excluding hydrogens is 330 g/mol. The molecule has 0 spiro atoms. The SMILES string of the molecule is Cc1nn(-c2ccccc2)c(C)c1CNS(=O)(=O)c1cccs1. The predicted octanol–water partition coefficient (Wildman–Crippen LogP) is 3.03. The van der Waals surface area contributed by atoms with E-state index in [0.29, 0.717) is 4.21 Å². The molecule has 120 valence electrons. The Balaban J connectivity index is 1.86. The summed E-state index contributed by atoms with van der Waals surface area (Å²) in [5, 5.41) is 6.28. The molecule has 0 saturated heterocycles. The number of nitrogens with one attached hydrogen (secondary N) is 1. The van der Waals surface area contributed by atoms with Gasteiger partial charge in [-0.3, -0.25) is 0 Å². The normalized spacial score (nSPS) is 11.7. The Labute approximate surface area is 139 Å². The fourth-order valence-corrected chi connectivity index (χ4v) is 4.44. The minimum absolute atomic E-state index is 0.227. The summed E-state index contributed by atoms with van der Waals surface area (Å²) in [5.74, 6) is 0. The molecule has 2 heterocycles. The molecule has 0 amide bonds. The van der Waals surface area contributed by atoms with Gasteiger partial charge >= 0.3 is 0 Å². The van der Waals surface area contributed by atoms with Crippen molar-refractivity contribution in [1.82, 2.24) is 14.5 Å². The van der Waals surface area contributed by atoms with Crippen LogP contribution in [0.3, 0.4) is 0 Å². The molecule has 5 nitrogen and oxygen atoms in total. The molecule has 0 unspecified atom stereocenters. The van der Waals surface area contributed by atoms with E-state index in [4.69, 9.17) is 0 Å². The maximum atomic E-state index is 12.2. The molecule has 0 fully saturated rings. The zero-order valence-corrected chi connectivity index (χ0v) is 14.5. The third-order valence-corrected chi connectivity index (χ3v) is 6.44. The summed E-state index contributed by atoms with van der Waals surface area (Å²) in [5.41, 5.74) is 3.61. The third-order valence-electron chi connectivity index (χ3n) is 3.64. The van der Waals surface area contributed by atoms with Gasteiger partial charge in [0.05, 0.1) is 11.4 Å². The Morgan fingerprint density at radius 3 is 2.52 bits per heavy atom. The molecule has 0 aliphatic carbocycles. The topological polar surface area (TPSA) is 64.0 Å². The molecule has 0 radical (unpaired) electrons. The van der Waals surface area contributed by atoms with E-state index < -0.39 is 10.0 Å². The van der Waals surface area contributed by atoms with Crippen LogP contribution >= 0.6 is 11.3 Å². The Bertz CT molecular complexity index is 898. The molecule has 23 heavy (non-hydrogen) atoms. The average Bonchev–Trinajstić information content (AvgIpc) is 3.16. The number of sulfonamides is 1. The Morgan fingerprint density at radius 1 is 1.13 bits per heavy atom. The summed E-state index contributed by atoms with van der Waals surface area (Å²) < 4.78 is 29.3. The van der Waals surface area contributed by atoms with E-state index in [-0.39, 0.29) is 6.54 Å². The van der Waals surface area contributed by atoms with Crippen LogP contribution in [0.4, 0.5) is 0 Å². The number of para-hydroxylation sites is 1. The molecule has 1 N–H and O–H groups in total. The molecule has 3 rings (SSSR count). The highest BCUT2D eigenvalue weighted by Gasteiger charge is 2.18. The van der Waals surface area contributed by atoms with Crippen molar-refractivity contribution in [3.05, 3.63) is 64.8 Å². The first-order valence-electron chi connectivity index (χ1n) is 7.13. The van der Waals surface area contributed by atoms with Crippen molar-refractivity contribution in [2.75, 3.05) is 0 Å². The lowest BCUT2D eigenvalue weighted by molar-refractivity contribution is 0.583. The Hall–Kier alpha value is -1.96. The van der Waals surface area contributed by atoms with Crippen molar-refractivity contribution >= 4 is 21.4 Å². The highest BCUT2D eigenvalue weighted by molar-refractivity contribution is 7.91. The monoisotopic (exact) mass is 347 g/mol. The number of rotatable bonds is 5. The fraction of sp³-hybridized carbons (Fsp3) is 0.188. The molecule has 0 saturated carbocycles. The summed E-state index contributed by atoms with van der Waals surface area (Å²) in [6, 6.07) is 13.1. The lowest BCUT2D eigenvalue weighted by Crippen LogP contribution is -2.23. The summed E-state index contributed by atoms with van der Waals surface area (Å²) in [7, 11) is -3.47. The number of aryl methyl sites for hydroxylation is 1.